The van der Waals surface area contributed by atoms with E-state index in [4.69, 9.17) is 4.99 Å². The Hall–Kier alpha value is -1.68. The van der Waals surface area contributed by atoms with Gasteiger partial charge in [-0.2, -0.15) is 0 Å². The van der Waals surface area contributed by atoms with Crippen LogP contribution in [0.25, 0.3) is 0 Å². The SMILES string of the molecule is CCNC(=NCC1(CCO)CCCCC1)NCCN1C(=O)c2ccccc2C1=O.I. The summed E-state index contributed by atoms with van der Waals surface area (Å²) in [5.41, 5.74) is 1.03. The standard InChI is InChI=1S/C22H32N4O3.HI/c1-2-23-21(25-16-22(12-15-27)10-6-3-7-11-22)24-13-14-26-19(28)17-8-4-5-9-18(17)20(26)29;/h4-5,8-9,27H,2-3,6-7,10-16H2,1H3,(H2,23,24,25);1H. The molecule has 1 heterocycles. The number of halogens is 1. The fourth-order valence-corrected chi connectivity index (χ4v) is 4.34. The van der Waals surface area contributed by atoms with Crippen molar-refractivity contribution in [2.45, 2.75) is 45.4 Å². The van der Waals surface area contributed by atoms with Gasteiger partial charge in [0.1, 0.15) is 0 Å². The summed E-state index contributed by atoms with van der Waals surface area (Å²) >= 11 is 0. The summed E-state index contributed by atoms with van der Waals surface area (Å²) in [6.45, 7) is 4.33. The van der Waals surface area contributed by atoms with Gasteiger partial charge in [-0.15, -0.1) is 24.0 Å². The van der Waals surface area contributed by atoms with E-state index in [2.05, 4.69) is 10.6 Å². The molecule has 0 bridgehead atoms. The second-order valence-corrected chi connectivity index (χ2v) is 7.96. The van der Waals surface area contributed by atoms with Gasteiger partial charge < -0.3 is 15.7 Å². The number of amides is 2. The van der Waals surface area contributed by atoms with Crippen LogP contribution in [-0.4, -0.2) is 60.6 Å². The molecular weight excluding hydrogens is 495 g/mol. The number of rotatable bonds is 8. The molecule has 166 valence electrons. The molecule has 7 nitrogen and oxygen atoms in total. The molecule has 0 atom stereocenters. The number of nitrogens with one attached hydrogen (secondary N) is 2. The average Bonchev–Trinajstić information content (AvgIpc) is 2.98. The lowest BCUT2D eigenvalue weighted by Crippen LogP contribution is -2.43. The number of benzene rings is 1. The van der Waals surface area contributed by atoms with Crippen LogP contribution >= 0.6 is 24.0 Å². The number of guanidine groups is 1. The predicted octanol–water partition coefficient (Wildman–Crippen LogP) is 2.79. The molecule has 2 aliphatic rings. The monoisotopic (exact) mass is 528 g/mol. The Morgan fingerprint density at radius 1 is 1.10 bits per heavy atom. The Labute approximate surface area is 195 Å². The molecule has 0 unspecified atom stereocenters. The Bertz CT molecular complexity index is 722. The highest BCUT2D eigenvalue weighted by molar-refractivity contribution is 14.0. The lowest BCUT2D eigenvalue weighted by molar-refractivity contribution is 0.0657. The van der Waals surface area contributed by atoms with Crippen molar-refractivity contribution in [2.24, 2.45) is 10.4 Å². The fourth-order valence-electron chi connectivity index (χ4n) is 4.34. The van der Waals surface area contributed by atoms with Crippen molar-refractivity contribution in [2.75, 3.05) is 32.8 Å². The first-order chi connectivity index (χ1) is 14.1. The normalized spacial score (nSPS) is 18.1. The molecule has 1 saturated carbocycles. The molecule has 0 radical (unpaired) electrons. The Balaban J connectivity index is 0.00000320. The van der Waals surface area contributed by atoms with Crippen LogP contribution in [0.4, 0.5) is 0 Å². The second kappa shape index (κ2) is 11.6. The maximum atomic E-state index is 12.5. The van der Waals surface area contributed by atoms with Crippen molar-refractivity contribution in [3.8, 4) is 0 Å². The minimum Gasteiger partial charge on any atom is -0.396 e. The average molecular weight is 528 g/mol. The summed E-state index contributed by atoms with van der Waals surface area (Å²) in [5.74, 6) is 0.212. The largest absolute Gasteiger partial charge is 0.396 e. The van der Waals surface area contributed by atoms with Crippen LogP contribution in [0.15, 0.2) is 29.3 Å². The molecule has 30 heavy (non-hydrogen) atoms. The first-order valence-corrected chi connectivity index (χ1v) is 10.7. The van der Waals surface area contributed by atoms with E-state index in [1.165, 1.54) is 24.2 Å². The van der Waals surface area contributed by atoms with Gasteiger partial charge in [-0.1, -0.05) is 31.4 Å². The zero-order valence-electron chi connectivity index (χ0n) is 17.7. The molecule has 0 aromatic heterocycles. The van der Waals surface area contributed by atoms with Gasteiger partial charge in [0, 0.05) is 32.8 Å². The Kier molecular flexibility index (Phi) is 9.54. The molecule has 3 N–H and O–H groups in total. The summed E-state index contributed by atoms with van der Waals surface area (Å²) in [6, 6.07) is 6.93. The first-order valence-electron chi connectivity index (χ1n) is 10.7. The molecule has 0 spiro atoms. The zero-order valence-corrected chi connectivity index (χ0v) is 20.0. The van der Waals surface area contributed by atoms with E-state index >= 15 is 0 Å². The van der Waals surface area contributed by atoms with Crippen LogP contribution in [0.3, 0.4) is 0 Å². The summed E-state index contributed by atoms with van der Waals surface area (Å²) in [7, 11) is 0. The summed E-state index contributed by atoms with van der Waals surface area (Å²) in [6.07, 6.45) is 6.63. The van der Waals surface area contributed by atoms with Crippen molar-refractivity contribution < 1.29 is 14.7 Å². The molecule has 2 amide bonds. The van der Waals surface area contributed by atoms with Gasteiger partial charge in [0.05, 0.1) is 11.1 Å². The number of aliphatic imine (C=N–C) groups is 1. The van der Waals surface area contributed by atoms with Gasteiger partial charge in [0.15, 0.2) is 5.96 Å². The minimum absolute atomic E-state index is 0. The number of aliphatic hydroxyl groups excluding tert-OH is 1. The molecule has 1 fully saturated rings. The molecule has 8 heteroatoms. The molecular formula is C22H33IN4O3. The predicted molar refractivity (Wildman–Crippen MR) is 128 cm³/mol. The number of hydrogen-bond donors (Lipinski definition) is 3. The highest BCUT2D eigenvalue weighted by Crippen LogP contribution is 2.39. The zero-order chi connectivity index (χ0) is 20.7. The molecule has 0 saturated heterocycles. The highest BCUT2D eigenvalue weighted by atomic mass is 127. The van der Waals surface area contributed by atoms with Gasteiger partial charge in [-0.3, -0.25) is 19.5 Å². The second-order valence-electron chi connectivity index (χ2n) is 7.96. The van der Waals surface area contributed by atoms with Crippen molar-refractivity contribution in [3.63, 3.8) is 0 Å². The van der Waals surface area contributed by atoms with Gasteiger partial charge >= 0.3 is 0 Å². The van der Waals surface area contributed by atoms with Gasteiger partial charge in [-0.05, 0) is 43.7 Å². The third-order valence-electron chi connectivity index (χ3n) is 5.98. The van der Waals surface area contributed by atoms with Gasteiger partial charge in [0.2, 0.25) is 0 Å². The summed E-state index contributed by atoms with van der Waals surface area (Å²) < 4.78 is 0. The van der Waals surface area contributed by atoms with Crippen molar-refractivity contribution in [1.82, 2.24) is 15.5 Å². The minimum atomic E-state index is -0.238. The quantitative estimate of drug-likeness (QED) is 0.209. The molecule has 3 rings (SSSR count). The van der Waals surface area contributed by atoms with Gasteiger partial charge in [-0.25, -0.2) is 0 Å². The molecule has 1 aliphatic carbocycles. The van der Waals surface area contributed by atoms with Crippen LogP contribution < -0.4 is 10.6 Å². The van der Waals surface area contributed by atoms with E-state index in [0.29, 0.717) is 36.7 Å². The number of fused-ring (bicyclic) bond motifs is 1. The third-order valence-corrected chi connectivity index (χ3v) is 5.98. The van der Waals surface area contributed by atoms with Crippen molar-refractivity contribution >= 4 is 41.8 Å². The molecule has 1 aliphatic heterocycles. The van der Waals surface area contributed by atoms with Crippen LogP contribution in [0, 0.1) is 5.41 Å². The van der Waals surface area contributed by atoms with E-state index in [-0.39, 0.29) is 47.8 Å². The van der Waals surface area contributed by atoms with Crippen molar-refractivity contribution in [1.29, 1.82) is 0 Å². The first kappa shape index (κ1) is 24.6. The van der Waals surface area contributed by atoms with Gasteiger partial charge in [0.25, 0.3) is 11.8 Å². The van der Waals surface area contributed by atoms with Crippen LogP contribution in [0.1, 0.15) is 66.2 Å². The van der Waals surface area contributed by atoms with E-state index in [1.54, 1.807) is 24.3 Å². The summed E-state index contributed by atoms with van der Waals surface area (Å²) in [4.78, 5) is 31.0. The fraction of sp³-hybridized carbons (Fsp3) is 0.591. The number of carbonyl (C=O) groups is 2. The number of hydrogen-bond acceptors (Lipinski definition) is 4. The van der Waals surface area contributed by atoms with Crippen molar-refractivity contribution in [3.05, 3.63) is 35.4 Å². The Morgan fingerprint density at radius 3 is 2.30 bits per heavy atom. The number of imide groups is 1. The number of aliphatic hydroxyl groups is 1. The van der Waals surface area contributed by atoms with E-state index in [9.17, 15) is 14.7 Å². The third kappa shape index (κ3) is 5.72. The lowest BCUT2D eigenvalue weighted by atomic mass is 9.72. The number of carbonyl (C=O) groups excluding carboxylic acids is 2. The maximum Gasteiger partial charge on any atom is 0.261 e. The lowest BCUT2D eigenvalue weighted by Gasteiger charge is -2.35. The van der Waals surface area contributed by atoms with Crippen LogP contribution in [-0.2, 0) is 0 Å². The molecule has 1 aromatic rings. The van der Waals surface area contributed by atoms with E-state index in [0.717, 1.165) is 25.8 Å². The van der Waals surface area contributed by atoms with E-state index < -0.39 is 0 Å². The topological polar surface area (TPSA) is 94.0 Å². The molecule has 1 aromatic carbocycles. The summed E-state index contributed by atoms with van der Waals surface area (Å²) in [5, 5.41) is 16.0. The smallest absolute Gasteiger partial charge is 0.261 e. The Morgan fingerprint density at radius 2 is 1.73 bits per heavy atom. The van der Waals surface area contributed by atoms with E-state index in [1.807, 2.05) is 6.92 Å². The number of nitrogens with zero attached hydrogens (tertiary/aromatic N) is 2. The van der Waals surface area contributed by atoms with Crippen LogP contribution in [0.2, 0.25) is 0 Å². The van der Waals surface area contributed by atoms with Crippen LogP contribution in [0.5, 0.6) is 0 Å². The highest BCUT2D eigenvalue weighted by Gasteiger charge is 2.34. The maximum absolute atomic E-state index is 12.5.